The first kappa shape index (κ1) is 22.3. The average molecular weight is 429 g/mol. The molecule has 2 aromatic rings. The van der Waals surface area contributed by atoms with E-state index in [1.807, 2.05) is 32.9 Å². The van der Waals surface area contributed by atoms with Crippen molar-refractivity contribution in [3.05, 3.63) is 64.2 Å². The van der Waals surface area contributed by atoms with Crippen molar-refractivity contribution in [2.24, 2.45) is 0 Å². The van der Waals surface area contributed by atoms with Crippen molar-refractivity contribution in [1.82, 2.24) is 5.32 Å². The summed E-state index contributed by atoms with van der Waals surface area (Å²) >= 11 is 0. The van der Waals surface area contributed by atoms with Crippen molar-refractivity contribution in [3.8, 4) is 0 Å². The lowest BCUT2D eigenvalue weighted by Gasteiger charge is -2.25. The lowest BCUT2D eigenvalue weighted by molar-refractivity contribution is -0.120. The zero-order chi connectivity index (χ0) is 21.9. The minimum absolute atomic E-state index is 0.133. The number of amides is 1. The second-order valence-electron chi connectivity index (χ2n) is 8.30. The van der Waals surface area contributed by atoms with Gasteiger partial charge in [-0.25, -0.2) is 8.42 Å². The van der Waals surface area contributed by atoms with Gasteiger partial charge < -0.3 is 5.32 Å². The maximum atomic E-state index is 12.8. The molecular weight excluding hydrogens is 396 g/mol. The molecule has 1 aliphatic rings. The van der Waals surface area contributed by atoms with Gasteiger partial charge in [0.1, 0.15) is 6.54 Å². The third-order valence-electron chi connectivity index (χ3n) is 5.98. The van der Waals surface area contributed by atoms with E-state index in [1.165, 1.54) is 28.3 Å². The number of sulfonamides is 1. The summed E-state index contributed by atoms with van der Waals surface area (Å²) in [6, 6.07) is 11.8. The molecule has 162 valence electrons. The van der Waals surface area contributed by atoms with Gasteiger partial charge in [-0.05, 0) is 85.9 Å². The first-order chi connectivity index (χ1) is 14.2. The van der Waals surface area contributed by atoms with E-state index in [4.69, 9.17) is 0 Å². The van der Waals surface area contributed by atoms with Gasteiger partial charge in [-0.15, -0.1) is 0 Å². The molecule has 6 heteroatoms. The van der Waals surface area contributed by atoms with Crippen LogP contribution in [0.3, 0.4) is 0 Å². The van der Waals surface area contributed by atoms with Crippen molar-refractivity contribution >= 4 is 21.6 Å². The van der Waals surface area contributed by atoms with Crippen LogP contribution < -0.4 is 9.62 Å². The highest BCUT2D eigenvalue weighted by Gasteiger charge is 2.23. The predicted octanol–water partition coefficient (Wildman–Crippen LogP) is 4.22. The van der Waals surface area contributed by atoms with Gasteiger partial charge in [0.15, 0.2) is 0 Å². The molecule has 5 nitrogen and oxygen atoms in total. The summed E-state index contributed by atoms with van der Waals surface area (Å²) in [5, 5.41) is 3.04. The van der Waals surface area contributed by atoms with E-state index < -0.39 is 10.0 Å². The van der Waals surface area contributed by atoms with Crippen LogP contribution >= 0.6 is 0 Å². The van der Waals surface area contributed by atoms with Gasteiger partial charge in [0.25, 0.3) is 0 Å². The summed E-state index contributed by atoms with van der Waals surface area (Å²) < 4.78 is 26.0. The standard InChI is InChI=1S/C24H32N2O3S/c1-5-23(21-12-11-19-8-6-7-9-20(19)15-21)25-24(27)16-26(30(4,28)29)22-13-10-17(2)18(3)14-22/h10-15,23H,5-9,16H2,1-4H3,(H,25,27). The maximum absolute atomic E-state index is 12.8. The minimum Gasteiger partial charge on any atom is -0.348 e. The zero-order valence-corrected chi connectivity index (χ0v) is 19.2. The highest BCUT2D eigenvalue weighted by Crippen LogP contribution is 2.26. The first-order valence-electron chi connectivity index (χ1n) is 10.6. The molecule has 30 heavy (non-hydrogen) atoms. The van der Waals surface area contributed by atoms with E-state index in [-0.39, 0.29) is 18.5 Å². The van der Waals surface area contributed by atoms with E-state index >= 15 is 0 Å². The Hall–Kier alpha value is -2.34. The van der Waals surface area contributed by atoms with Gasteiger partial charge in [-0.1, -0.05) is 31.2 Å². The van der Waals surface area contributed by atoms with Crippen LogP contribution in [-0.2, 0) is 27.7 Å². The molecule has 0 heterocycles. The molecule has 1 N–H and O–H groups in total. The summed E-state index contributed by atoms with van der Waals surface area (Å²) in [5.41, 5.74) is 6.45. The SMILES string of the molecule is CCC(NC(=O)CN(c1ccc(C)c(C)c1)S(C)(=O)=O)c1ccc2c(c1)CCCC2. The summed E-state index contributed by atoms with van der Waals surface area (Å²) in [4.78, 5) is 12.8. The molecule has 0 aromatic heterocycles. The second-order valence-corrected chi connectivity index (χ2v) is 10.2. The molecule has 1 aliphatic carbocycles. The Balaban J connectivity index is 1.77. The van der Waals surface area contributed by atoms with E-state index in [2.05, 4.69) is 23.5 Å². The lowest BCUT2D eigenvalue weighted by atomic mass is 9.89. The molecule has 0 aliphatic heterocycles. The van der Waals surface area contributed by atoms with Crippen molar-refractivity contribution in [3.63, 3.8) is 0 Å². The normalized spacial score (nSPS) is 14.7. The second kappa shape index (κ2) is 9.21. The number of benzene rings is 2. The minimum atomic E-state index is -3.59. The predicted molar refractivity (Wildman–Crippen MR) is 122 cm³/mol. The van der Waals surface area contributed by atoms with Crippen LogP contribution in [0.5, 0.6) is 0 Å². The van der Waals surface area contributed by atoms with Crippen LogP contribution in [0, 0.1) is 13.8 Å². The molecule has 0 saturated heterocycles. The van der Waals surface area contributed by atoms with Gasteiger partial charge in [0.05, 0.1) is 18.0 Å². The highest BCUT2D eigenvalue weighted by molar-refractivity contribution is 7.92. The third kappa shape index (κ3) is 5.22. The zero-order valence-electron chi connectivity index (χ0n) is 18.4. The molecule has 0 saturated carbocycles. The highest BCUT2D eigenvalue weighted by atomic mass is 32.2. The fourth-order valence-electron chi connectivity index (χ4n) is 4.04. The van der Waals surface area contributed by atoms with Crippen LogP contribution in [0.2, 0.25) is 0 Å². The molecule has 3 rings (SSSR count). The quantitative estimate of drug-likeness (QED) is 0.718. The number of hydrogen-bond donors (Lipinski definition) is 1. The molecule has 0 fully saturated rings. The number of hydrogen-bond acceptors (Lipinski definition) is 3. The van der Waals surface area contributed by atoms with E-state index in [0.717, 1.165) is 42.2 Å². The van der Waals surface area contributed by atoms with Gasteiger partial charge in [-0.2, -0.15) is 0 Å². The molecule has 2 aromatic carbocycles. The summed E-state index contributed by atoms with van der Waals surface area (Å²) in [5.74, 6) is -0.303. The smallest absolute Gasteiger partial charge is 0.241 e. The Labute approximate surface area is 180 Å². The molecule has 0 radical (unpaired) electrons. The molecule has 1 atom stereocenters. The van der Waals surface area contributed by atoms with E-state index in [1.54, 1.807) is 6.07 Å². The van der Waals surface area contributed by atoms with Gasteiger partial charge in [-0.3, -0.25) is 9.10 Å². The van der Waals surface area contributed by atoms with Gasteiger partial charge >= 0.3 is 0 Å². The molecule has 0 spiro atoms. The Kier molecular flexibility index (Phi) is 6.86. The van der Waals surface area contributed by atoms with Crippen molar-refractivity contribution in [2.45, 2.75) is 58.9 Å². The summed E-state index contributed by atoms with van der Waals surface area (Å²) in [7, 11) is -3.59. The van der Waals surface area contributed by atoms with Crippen molar-refractivity contribution in [1.29, 1.82) is 0 Å². The molecule has 1 amide bonds. The van der Waals surface area contributed by atoms with Gasteiger partial charge in [0, 0.05) is 0 Å². The number of nitrogens with one attached hydrogen (secondary N) is 1. The number of fused-ring (bicyclic) bond motifs is 1. The van der Waals surface area contributed by atoms with Gasteiger partial charge in [0.2, 0.25) is 15.9 Å². The Morgan fingerprint density at radius 3 is 2.37 bits per heavy atom. The number of rotatable bonds is 7. The Morgan fingerprint density at radius 1 is 1.03 bits per heavy atom. The first-order valence-corrected chi connectivity index (χ1v) is 12.5. The molecular formula is C24H32N2O3S. The molecule has 0 bridgehead atoms. The number of carbonyl (C=O) groups excluding carboxylic acids is 1. The fraction of sp³-hybridized carbons (Fsp3) is 0.458. The van der Waals surface area contributed by atoms with E-state index in [0.29, 0.717) is 5.69 Å². The number of nitrogens with zero attached hydrogens (tertiary/aromatic N) is 1. The number of carbonyl (C=O) groups is 1. The van der Waals surface area contributed by atoms with Crippen molar-refractivity contribution in [2.75, 3.05) is 17.1 Å². The van der Waals surface area contributed by atoms with Crippen LogP contribution in [-0.4, -0.2) is 27.1 Å². The van der Waals surface area contributed by atoms with Crippen LogP contribution in [0.15, 0.2) is 36.4 Å². The largest absolute Gasteiger partial charge is 0.348 e. The van der Waals surface area contributed by atoms with Crippen LogP contribution in [0.25, 0.3) is 0 Å². The lowest BCUT2D eigenvalue weighted by Crippen LogP contribution is -2.41. The monoisotopic (exact) mass is 428 g/mol. The Morgan fingerprint density at radius 2 is 1.73 bits per heavy atom. The molecule has 1 unspecified atom stereocenters. The maximum Gasteiger partial charge on any atom is 0.241 e. The third-order valence-corrected chi connectivity index (χ3v) is 7.12. The summed E-state index contributed by atoms with van der Waals surface area (Å²) in [6.45, 7) is 5.70. The Bertz CT molecular complexity index is 1030. The topological polar surface area (TPSA) is 66.5 Å². The fourth-order valence-corrected chi connectivity index (χ4v) is 4.89. The number of aryl methyl sites for hydroxylation is 4. The summed E-state index contributed by atoms with van der Waals surface area (Å²) in [6.07, 6.45) is 6.53. The van der Waals surface area contributed by atoms with Crippen molar-refractivity contribution < 1.29 is 13.2 Å². The van der Waals surface area contributed by atoms with E-state index in [9.17, 15) is 13.2 Å². The van der Waals surface area contributed by atoms with Crippen LogP contribution in [0.1, 0.15) is 60.0 Å². The average Bonchev–Trinajstić information content (AvgIpc) is 2.71. The number of anilines is 1. The van der Waals surface area contributed by atoms with Crippen LogP contribution in [0.4, 0.5) is 5.69 Å².